The maximum Gasteiger partial charge on any atom is 0.251 e. The smallest absolute Gasteiger partial charge is 0.251 e. The Bertz CT molecular complexity index is 365. The van der Waals surface area contributed by atoms with Crippen molar-refractivity contribution in [3.05, 3.63) is 35.4 Å². The van der Waals surface area contributed by atoms with E-state index < -0.39 is 0 Å². The molecule has 0 atom stereocenters. The number of alkyl halides is 1. The average Bonchev–Trinajstić information content (AvgIpc) is 2.28. The first-order valence-electron chi connectivity index (χ1n) is 5.90. The molecular weight excluding hydrogens is 278 g/mol. The van der Waals surface area contributed by atoms with E-state index >= 15 is 0 Å². The molecule has 2 nitrogen and oxygen atoms in total. The summed E-state index contributed by atoms with van der Waals surface area (Å²) >= 11 is 3.34. The van der Waals surface area contributed by atoms with Crippen LogP contribution in [0.3, 0.4) is 0 Å². The van der Waals surface area contributed by atoms with E-state index in [1.807, 2.05) is 24.3 Å². The Balaban J connectivity index is 2.64. The van der Waals surface area contributed by atoms with Crippen LogP contribution in [0.15, 0.2) is 24.3 Å². The van der Waals surface area contributed by atoms with Gasteiger partial charge in [-0.2, -0.15) is 0 Å². The lowest BCUT2D eigenvalue weighted by atomic mass is 9.87. The summed E-state index contributed by atoms with van der Waals surface area (Å²) in [6.45, 7) is 7.21. The van der Waals surface area contributed by atoms with Gasteiger partial charge in [0.05, 0.1) is 0 Å². The molecule has 0 aromatic heterocycles. The molecule has 17 heavy (non-hydrogen) atoms. The molecule has 0 heterocycles. The summed E-state index contributed by atoms with van der Waals surface area (Å²) in [7, 11) is 0. The van der Waals surface area contributed by atoms with Crippen molar-refractivity contribution in [3.8, 4) is 0 Å². The van der Waals surface area contributed by atoms with Crippen LogP contribution in [0.2, 0.25) is 0 Å². The van der Waals surface area contributed by atoms with Gasteiger partial charge in [0.1, 0.15) is 0 Å². The zero-order valence-electron chi connectivity index (χ0n) is 10.7. The van der Waals surface area contributed by atoms with E-state index in [-0.39, 0.29) is 11.3 Å². The van der Waals surface area contributed by atoms with Crippen molar-refractivity contribution in [3.63, 3.8) is 0 Å². The van der Waals surface area contributed by atoms with Crippen LogP contribution in [0.5, 0.6) is 0 Å². The van der Waals surface area contributed by atoms with Crippen molar-refractivity contribution in [2.24, 2.45) is 0 Å². The lowest BCUT2D eigenvalue weighted by Crippen LogP contribution is -2.24. The minimum Gasteiger partial charge on any atom is -0.352 e. The molecule has 0 radical (unpaired) electrons. The number of hydrogen-bond donors (Lipinski definition) is 1. The number of halogens is 1. The first kappa shape index (κ1) is 14.2. The molecule has 0 fully saturated rings. The molecule has 0 unspecified atom stereocenters. The number of hydrogen-bond acceptors (Lipinski definition) is 1. The lowest BCUT2D eigenvalue weighted by molar-refractivity contribution is 0.0954. The van der Waals surface area contributed by atoms with Crippen LogP contribution in [0.25, 0.3) is 0 Å². The number of carbonyl (C=O) groups is 1. The fourth-order valence-electron chi connectivity index (χ4n) is 1.49. The van der Waals surface area contributed by atoms with E-state index in [1.165, 1.54) is 5.56 Å². The molecule has 0 spiro atoms. The van der Waals surface area contributed by atoms with Gasteiger partial charge in [-0.3, -0.25) is 4.79 Å². The van der Waals surface area contributed by atoms with Gasteiger partial charge >= 0.3 is 0 Å². The quantitative estimate of drug-likeness (QED) is 0.669. The number of carbonyl (C=O) groups excluding carboxylic acids is 1. The van der Waals surface area contributed by atoms with Gasteiger partial charge in [-0.05, 0) is 29.5 Å². The third kappa shape index (κ3) is 4.50. The van der Waals surface area contributed by atoms with Crippen molar-refractivity contribution >= 4 is 21.8 Å². The molecule has 1 rings (SSSR count). The summed E-state index contributed by atoms with van der Waals surface area (Å²) in [4.78, 5) is 11.8. The summed E-state index contributed by atoms with van der Waals surface area (Å²) in [5, 5.41) is 3.80. The van der Waals surface area contributed by atoms with Gasteiger partial charge in [0.2, 0.25) is 0 Å². The van der Waals surface area contributed by atoms with E-state index in [0.29, 0.717) is 6.54 Å². The zero-order chi connectivity index (χ0) is 12.9. The highest BCUT2D eigenvalue weighted by molar-refractivity contribution is 9.09. The Labute approximate surface area is 112 Å². The highest BCUT2D eigenvalue weighted by Crippen LogP contribution is 2.22. The van der Waals surface area contributed by atoms with Crippen LogP contribution in [0.1, 0.15) is 43.1 Å². The molecule has 0 bridgehead atoms. The van der Waals surface area contributed by atoms with Crippen molar-refractivity contribution in [2.45, 2.75) is 32.6 Å². The van der Waals surface area contributed by atoms with E-state index in [1.54, 1.807) is 0 Å². The summed E-state index contributed by atoms with van der Waals surface area (Å²) in [5.41, 5.74) is 2.10. The second kappa shape index (κ2) is 6.20. The number of amides is 1. The molecule has 94 valence electrons. The molecule has 1 amide bonds. The van der Waals surface area contributed by atoms with Gasteiger partial charge in [0.25, 0.3) is 5.91 Å². The Morgan fingerprint density at radius 1 is 1.24 bits per heavy atom. The fourth-order valence-corrected chi connectivity index (χ4v) is 1.77. The summed E-state index contributed by atoms with van der Waals surface area (Å²) < 4.78 is 0. The van der Waals surface area contributed by atoms with Crippen LogP contribution in [-0.4, -0.2) is 17.8 Å². The molecule has 0 saturated carbocycles. The minimum absolute atomic E-state index is 0.00593. The molecular formula is C14H20BrNO. The third-order valence-corrected chi connectivity index (χ3v) is 3.17. The van der Waals surface area contributed by atoms with Crippen LogP contribution >= 0.6 is 15.9 Å². The van der Waals surface area contributed by atoms with Gasteiger partial charge < -0.3 is 5.32 Å². The zero-order valence-corrected chi connectivity index (χ0v) is 12.3. The van der Waals surface area contributed by atoms with E-state index in [4.69, 9.17) is 0 Å². The van der Waals surface area contributed by atoms with E-state index in [9.17, 15) is 4.79 Å². The molecule has 1 aromatic carbocycles. The Morgan fingerprint density at radius 3 is 2.29 bits per heavy atom. The highest BCUT2D eigenvalue weighted by atomic mass is 79.9. The second-order valence-corrected chi connectivity index (χ2v) is 5.92. The lowest BCUT2D eigenvalue weighted by Gasteiger charge is -2.19. The van der Waals surface area contributed by atoms with Crippen LogP contribution < -0.4 is 5.32 Å². The van der Waals surface area contributed by atoms with E-state index in [0.717, 1.165) is 17.3 Å². The van der Waals surface area contributed by atoms with Crippen LogP contribution in [0, 0.1) is 0 Å². The largest absolute Gasteiger partial charge is 0.352 e. The van der Waals surface area contributed by atoms with Gasteiger partial charge in [-0.1, -0.05) is 48.8 Å². The third-order valence-electron chi connectivity index (χ3n) is 2.61. The van der Waals surface area contributed by atoms with Crippen LogP contribution in [-0.2, 0) is 5.41 Å². The number of benzene rings is 1. The van der Waals surface area contributed by atoms with E-state index in [2.05, 4.69) is 42.0 Å². The van der Waals surface area contributed by atoms with Crippen molar-refractivity contribution < 1.29 is 4.79 Å². The maximum atomic E-state index is 11.8. The summed E-state index contributed by atoms with van der Waals surface area (Å²) in [6, 6.07) is 7.84. The number of rotatable bonds is 4. The summed E-state index contributed by atoms with van der Waals surface area (Å²) in [5.74, 6) is 0.00593. The molecule has 1 N–H and O–H groups in total. The minimum atomic E-state index is 0.00593. The first-order valence-corrected chi connectivity index (χ1v) is 7.02. The summed E-state index contributed by atoms with van der Waals surface area (Å²) in [6.07, 6.45) is 0.950. The topological polar surface area (TPSA) is 29.1 Å². The Morgan fingerprint density at radius 2 is 1.82 bits per heavy atom. The second-order valence-electron chi connectivity index (χ2n) is 5.13. The van der Waals surface area contributed by atoms with Crippen molar-refractivity contribution in [1.29, 1.82) is 0 Å². The van der Waals surface area contributed by atoms with Crippen molar-refractivity contribution in [1.82, 2.24) is 5.32 Å². The highest BCUT2D eigenvalue weighted by Gasteiger charge is 2.13. The van der Waals surface area contributed by atoms with Crippen molar-refractivity contribution in [2.75, 3.05) is 11.9 Å². The number of nitrogens with one attached hydrogen (secondary N) is 1. The predicted octanol–water partition coefficient (Wildman–Crippen LogP) is 3.50. The normalized spacial score (nSPS) is 11.3. The molecule has 0 aliphatic rings. The standard InChI is InChI=1S/C14H20BrNO/c1-14(2,3)12-7-5-11(6-8-12)13(17)16-10-4-9-15/h5-8H,4,9-10H2,1-3H3,(H,16,17). The molecule has 0 aliphatic carbocycles. The molecule has 0 aliphatic heterocycles. The fraction of sp³-hybridized carbons (Fsp3) is 0.500. The SMILES string of the molecule is CC(C)(C)c1ccc(C(=O)NCCCBr)cc1. The average molecular weight is 298 g/mol. The molecule has 0 saturated heterocycles. The van der Waals surface area contributed by atoms with Gasteiger partial charge in [0, 0.05) is 17.4 Å². The Hall–Kier alpha value is -0.830. The molecule has 3 heteroatoms. The molecule has 1 aromatic rings. The monoisotopic (exact) mass is 297 g/mol. The van der Waals surface area contributed by atoms with Gasteiger partial charge in [0.15, 0.2) is 0 Å². The van der Waals surface area contributed by atoms with Gasteiger partial charge in [-0.25, -0.2) is 0 Å². The maximum absolute atomic E-state index is 11.8. The predicted molar refractivity (Wildman–Crippen MR) is 75.9 cm³/mol. The first-order chi connectivity index (χ1) is 7.95. The van der Waals surface area contributed by atoms with Gasteiger partial charge in [-0.15, -0.1) is 0 Å². The van der Waals surface area contributed by atoms with Crippen LogP contribution in [0.4, 0.5) is 0 Å². The Kier molecular flexibility index (Phi) is 5.19.